The Balaban J connectivity index is -0.00000140. The molecule has 0 aliphatic heterocycles. The van der Waals surface area contributed by atoms with E-state index in [0.29, 0.717) is 0 Å². The molecule has 0 saturated heterocycles. The maximum absolute atomic E-state index is 11.8. The van der Waals surface area contributed by atoms with Crippen molar-refractivity contribution >= 4 is 49.7 Å². The van der Waals surface area contributed by atoms with Crippen LogP contribution >= 0.6 is 0 Å². The van der Waals surface area contributed by atoms with E-state index in [9.17, 15) is 19.8 Å². The molecule has 0 N–H and O–H groups in total. The van der Waals surface area contributed by atoms with Gasteiger partial charge in [-0.1, -0.05) is 363 Å². The van der Waals surface area contributed by atoms with Crippen LogP contribution in [0.3, 0.4) is 0 Å². The van der Waals surface area contributed by atoms with Crippen LogP contribution < -0.4 is 10.2 Å². The summed E-state index contributed by atoms with van der Waals surface area (Å²) < 4.78 is 0. The molecule has 0 amide bonds. The first-order chi connectivity index (χ1) is 37.3. The van der Waals surface area contributed by atoms with Crippen LogP contribution in [0.1, 0.15) is 401 Å². The zero-order valence-electron chi connectivity index (χ0n) is 53.8. The predicted molar refractivity (Wildman–Crippen MR) is 339 cm³/mol. The molecule has 7 heteroatoms. The standard InChI is InChI=1S/2C35H71NO2.Ca/c2*1-4-7-9-11-13-15-17-19-21-23-25-27-29-32-36(34(31-6-3)35(37)38)33-30-28-26-24-22-20-18-16-14-12-10-8-5-2;/h2*34H,4-33H2,1-3H3,(H,37,38);/q;;+2/p-2. The monoisotopic (exact) mass is 1110 g/mol. The van der Waals surface area contributed by atoms with Gasteiger partial charge in [0.1, 0.15) is 0 Å². The average Bonchev–Trinajstić information content (AvgIpc) is 3.41. The summed E-state index contributed by atoms with van der Waals surface area (Å²) in [4.78, 5) is 28.2. The minimum atomic E-state index is -0.865. The van der Waals surface area contributed by atoms with Crippen molar-refractivity contribution in [3.05, 3.63) is 0 Å². The average molecular weight is 1110 g/mol. The summed E-state index contributed by atoms with van der Waals surface area (Å²) in [6.07, 6.45) is 73.6. The summed E-state index contributed by atoms with van der Waals surface area (Å²) in [5.74, 6) is -1.73. The largest absolute Gasteiger partial charge is 2.00 e. The summed E-state index contributed by atoms with van der Waals surface area (Å²) in [5, 5.41) is 23.7. The Morgan fingerprint density at radius 3 is 0.481 bits per heavy atom. The molecule has 0 aliphatic rings. The Kier molecular flexibility index (Phi) is 74.4. The molecule has 0 aromatic rings. The Morgan fingerprint density at radius 2 is 0.364 bits per heavy atom. The van der Waals surface area contributed by atoms with Gasteiger partial charge in [0, 0.05) is 12.1 Å². The molecular formula is C70H140CaN2O4. The number of unbranched alkanes of at least 4 members (excludes halogenated alkanes) is 48. The molecule has 0 spiro atoms. The second-order valence-corrected chi connectivity index (χ2v) is 24.3. The molecule has 0 aromatic carbocycles. The van der Waals surface area contributed by atoms with Gasteiger partial charge in [-0.25, -0.2) is 0 Å². The first-order valence-electron chi connectivity index (χ1n) is 35.2. The molecule has 0 bridgehead atoms. The molecule has 0 rings (SSSR count). The van der Waals surface area contributed by atoms with E-state index in [-0.39, 0.29) is 37.7 Å². The van der Waals surface area contributed by atoms with Crippen molar-refractivity contribution in [2.75, 3.05) is 26.2 Å². The number of rotatable bonds is 64. The SMILES string of the molecule is CCCCCCCCCCCCCCCN(CCCCCCCCCCCCCCC)C(CCC)C(=O)[O-].CCCCCCCCCCCCCCCN(CCCCCCCCCCCCCCC)C(CCC)C(=O)[O-].[Ca+2]. The first kappa shape index (κ1) is 81.3. The van der Waals surface area contributed by atoms with Crippen molar-refractivity contribution in [2.45, 2.75) is 413 Å². The third-order valence-corrected chi connectivity index (χ3v) is 16.7. The summed E-state index contributed by atoms with van der Waals surface area (Å²) in [6, 6.07) is -0.788. The fourth-order valence-corrected chi connectivity index (χ4v) is 11.6. The van der Waals surface area contributed by atoms with Gasteiger partial charge in [-0.15, -0.1) is 0 Å². The maximum atomic E-state index is 11.8. The first-order valence-corrected chi connectivity index (χ1v) is 35.2. The Morgan fingerprint density at radius 1 is 0.234 bits per heavy atom. The van der Waals surface area contributed by atoms with E-state index in [1.807, 2.05) is 0 Å². The quantitative estimate of drug-likeness (QED) is 0.0445. The molecule has 0 fully saturated rings. The van der Waals surface area contributed by atoms with Gasteiger partial charge in [0.15, 0.2) is 0 Å². The smallest absolute Gasteiger partial charge is 0.548 e. The van der Waals surface area contributed by atoms with Crippen LogP contribution in [0.4, 0.5) is 0 Å². The zero-order chi connectivity index (χ0) is 55.9. The molecule has 2 atom stereocenters. The van der Waals surface area contributed by atoms with Crippen molar-refractivity contribution in [1.29, 1.82) is 0 Å². The Labute approximate surface area is 514 Å². The summed E-state index contributed by atoms with van der Waals surface area (Å²) >= 11 is 0. The minimum Gasteiger partial charge on any atom is -0.548 e. The van der Waals surface area contributed by atoms with Crippen molar-refractivity contribution < 1.29 is 19.8 Å². The Bertz CT molecular complexity index is 965. The van der Waals surface area contributed by atoms with Gasteiger partial charge < -0.3 is 19.8 Å². The molecule has 0 heterocycles. The van der Waals surface area contributed by atoms with E-state index in [1.54, 1.807) is 0 Å². The van der Waals surface area contributed by atoms with Crippen LogP contribution in [-0.2, 0) is 9.59 Å². The van der Waals surface area contributed by atoms with E-state index in [4.69, 9.17) is 0 Å². The minimum absolute atomic E-state index is 0. The zero-order valence-corrected chi connectivity index (χ0v) is 56.0. The molecule has 77 heavy (non-hydrogen) atoms. The number of hydrogen-bond acceptors (Lipinski definition) is 6. The van der Waals surface area contributed by atoms with Crippen LogP contribution in [-0.4, -0.2) is 97.7 Å². The van der Waals surface area contributed by atoms with E-state index in [1.165, 1.54) is 308 Å². The second-order valence-electron chi connectivity index (χ2n) is 24.3. The van der Waals surface area contributed by atoms with Gasteiger partial charge in [-0.3, -0.25) is 9.80 Å². The van der Waals surface area contributed by atoms with Gasteiger partial charge >= 0.3 is 37.7 Å². The van der Waals surface area contributed by atoms with Crippen LogP contribution in [0.25, 0.3) is 0 Å². The van der Waals surface area contributed by atoms with E-state index in [2.05, 4.69) is 51.3 Å². The molecular weight excluding hydrogens is 973 g/mol. The number of hydrogen-bond donors (Lipinski definition) is 0. The molecule has 0 aliphatic carbocycles. The molecule has 2 unspecified atom stereocenters. The Hall–Kier alpha value is 0.120. The molecule has 456 valence electrons. The number of nitrogens with zero attached hydrogens (tertiary/aromatic N) is 2. The van der Waals surface area contributed by atoms with E-state index < -0.39 is 24.0 Å². The number of carbonyl (C=O) groups is 2. The second kappa shape index (κ2) is 70.4. The summed E-state index contributed by atoms with van der Waals surface area (Å²) in [6.45, 7) is 17.0. The molecule has 0 saturated carbocycles. The predicted octanol–water partition coefficient (Wildman–Crippen LogP) is 20.4. The van der Waals surface area contributed by atoms with Crippen molar-refractivity contribution in [3.63, 3.8) is 0 Å². The van der Waals surface area contributed by atoms with Crippen molar-refractivity contribution in [1.82, 2.24) is 9.80 Å². The van der Waals surface area contributed by atoms with Crippen LogP contribution in [0, 0.1) is 0 Å². The molecule has 0 aromatic heterocycles. The van der Waals surface area contributed by atoms with E-state index in [0.717, 1.165) is 77.5 Å². The van der Waals surface area contributed by atoms with Crippen molar-refractivity contribution in [3.8, 4) is 0 Å². The summed E-state index contributed by atoms with van der Waals surface area (Å²) in [7, 11) is 0. The summed E-state index contributed by atoms with van der Waals surface area (Å²) in [5.41, 5.74) is 0. The number of carboxylic acids is 2. The van der Waals surface area contributed by atoms with Gasteiger partial charge in [-0.05, 0) is 64.7 Å². The van der Waals surface area contributed by atoms with Gasteiger partial charge in [0.05, 0.1) is 11.9 Å². The number of carboxylic acid groups (broad SMARTS) is 2. The topological polar surface area (TPSA) is 86.7 Å². The van der Waals surface area contributed by atoms with Gasteiger partial charge in [-0.2, -0.15) is 0 Å². The van der Waals surface area contributed by atoms with Crippen LogP contribution in [0.15, 0.2) is 0 Å². The van der Waals surface area contributed by atoms with Crippen molar-refractivity contribution in [2.24, 2.45) is 0 Å². The molecule has 0 radical (unpaired) electrons. The maximum Gasteiger partial charge on any atom is 2.00 e. The fourth-order valence-electron chi connectivity index (χ4n) is 11.6. The normalized spacial score (nSPS) is 12.3. The van der Waals surface area contributed by atoms with Crippen LogP contribution in [0.2, 0.25) is 0 Å². The third kappa shape index (κ3) is 62.0. The van der Waals surface area contributed by atoms with Crippen LogP contribution in [0.5, 0.6) is 0 Å². The van der Waals surface area contributed by atoms with Gasteiger partial charge in [0.2, 0.25) is 0 Å². The fraction of sp³-hybridized carbons (Fsp3) is 0.971. The number of aliphatic carboxylic acids is 2. The third-order valence-electron chi connectivity index (χ3n) is 16.7. The molecule has 6 nitrogen and oxygen atoms in total. The number of carbonyl (C=O) groups excluding carboxylic acids is 2. The van der Waals surface area contributed by atoms with Gasteiger partial charge in [0.25, 0.3) is 0 Å². The van der Waals surface area contributed by atoms with E-state index >= 15 is 0 Å².